The van der Waals surface area contributed by atoms with E-state index in [-0.39, 0.29) is 0 Å². The molecule has 0 aromatic carbocycles. The molecule has 0 spiro atoms. The molecule has 108 valence electrons. The van der Waals surface area contributed by atoms with Gasteiger partial charge in [0.1, 0.15) is 6.33 Å². The first-order valence-corrected chi connectivity index (χ1v) is 7.37. The molecular weight excluding hydrogens is 252 g/mol. The third-order valence-corrected chi connectivity index (χ3v) is 4.01. The van der Waals surface area contributed by atoms with E-state index in [9.17, 15) is 0 Å². The predicted molar refractivity (Wildman–Crippen MR) is 78.9 cm³/mol. The molecule has 1 N–H and O–H groups in total. The number of anilines is 1. The predicted octanol–water partition coefficient (Wildman–Crippen LogP) is 1.34. The summed E-state index contributed by atoms with van der Waals surface area (Å²) in [5, 5.41) is 11.6. The van der Waals surface area contributed by atoms with Crippen molar-refractivity contribution >= 4 is 11.5 Å². The van der Waals surface area contributed by atoms with Crippen molar-refractivity contribution in [2.24, 2.45) is 5.92 Å². The van der Waals surface area contributed by atoms with E-state index in [0.29, 0.717) is 6.04 Å². The number of aromatic nitrogens is 4. The van der Waals surface area contributed by atoms with Gasteiger partial charge in [-0.25, -0.2) is 4.98 Å². The number of fused-ring (bicyclic) bond motifs is 1. The molecular formula is C14H22N6. The van der Waals surface area contributed by atoms with Gasteiger partial charge in [0.15, 0.2) is 5.82 Å². The Hall–Kier alpha value is -1.69. The Labute approximate surface area is 119 Å². The van der Waals surface area contributed by atoms with Gasteiger partial charge in [0.25, 0.3) is 0 Å². The van der Waals surface area contributed by atoms with Crippen LogP contribution in [0, 0.1) is 5.92 Å². The Morgan fingerprint density at radius 2 is 2.20 bits per heavy atom. The Balaban J connectivity index is 1.87. The SMILES string of the molecule is CC(C)N(CC1CCNCC1)c1nccn2cnnc12. The lowest BCUT2D eigenvalue weighted by Crippen LogP contribution is -2.40. The number of nitrogens with one attached hydrogen (secondary N) is 1. The molecule has 20 heavy (non-hydrogen) atoms. The van der Waals surface area contributed by atoms with Crippen LogP contribution in [0.5, 0.6) is 0 Å². The Morgan fingerprint density at radius 1 is 1.40 bits per heavy atom. The summed E-state index contributed by atoms with van der Waals surface area (Å²) in [6, 6.07) is 0.403. The third kappa shape index (κ3) is 2.60. The van der Waals surface area contributed by atoms with Crippen molar-refractivity contribution in [2.45, 2.75) is 32.7 Å². The molecule has 1 fully saturated rings. The van der Waals surface area contributed by atoms with E-state index in [1.165, 1.54) is 12.8 Å². The summed E-state index contributed by atoms with van der Waals surface area (Å²) < 4.78 is 1.93. The fourth-order valence-electron chi connectivity index (χ4n) is 2.83. The minimum absolute atomic E-state index is 0.403. The molecule has 0 amide bonds. The minimum Gasteiger partial charge on any atom is -0.351 e. The summed E-state index contributed by atoms with van der Waals surface area (Å²) in [5.74, 6) is 1.67. The Morgan fingerprint density at radius 3 is 2.95 bits per heavy atom. The number of piperidine rings is 1. The molecule has 1 aliphatic rings. The van der Waals surface area contributed by atoms with Crippen molar-refractivity contribution in [3.63, 3.8) is 0 Å². The monoisotopic (exact) mass is 274 g/mol. The van der Waals surface area contributed by atoms with Crippen LogP contribution in [0.2, 0.25) is 0 Å². The molecule has 2 aromatic rings. The second kappa shape index (κ2) is 5.75. The van der Waals surface area contributed by atoms with Gasteiger partial charge in [-0.1, -0.05) is 0 Å². The molecule has 0 bridgehead atoms. The minimum atomic E-state index is 0.403. The number of hydrogen-bond acceptors (Lipinski definition) is 5. The smallest absolute Gasteiger partial charge is 0.203 e. The number of hydrogen-bond donors (Lipinski definition) is 1. The molecule has 3 rings (SSSR count). The van der Waals surface area contributed by atoms with Crippen molar-refractivity contribution in [3.8, 4) is 0 Å². The van der Waals surface area contributed by atoms with E-state index >= 15 is 0 Å². The van der Waals surface area contributed by atoms with Gasteiger partial charge >= 0.3 is 0 Å². The zero-order valence-electron chi connectivity index (χ0n) is 12.2. The van der Waals surface area contributed by atoms with Crippen LogP contribution < -0.4 is 10.2 Å². The molecule has 0 atom stereocenters. The molecule has 1 aliphatic heterocycles. The maximum absolute atomic E-state index is 4.55. The van der Waals surface area contributed by atoms with E-state index in [0.717, 1.165) is 37.0 Å². The molecule has 1 saturated heterocycles. The fourth-order valence-corrected chi connectivity index (χ4v) is 2.83. The molecule has 0 aliphatic carbocycles. The van der Waals surface area contributed by atoms with E-state index < -0.39 is 0 Å². The second-order valence-corrected chi connectivity index (χ2v) is 5.75. The van der Waals surface area contributed by atoms with Crippen molar-refractivity contribution in [1.29, 1.82) is 0 Å². The summed E-state index contributed by atoms with van der Waals surface area (Å²) in [5.41, 5.74) is 0.843. The van der Waals surface area contributed by atoms with Crippen molar-refractivity contribution in [1.82, 2.24) is 24.9 Å². The first-order chi connectivity index (χ1) is 9.75. The summed E-state index contributed by atoms with van der Waals surface area (Å²) in [6.45, 7) is 7.71. The highest BCUT2D eigenvalue weighted by molar-refractivity contribution is 5.63. The van der Waals surface area contributed by atoms with Crippen LogP contribution in [0.3, 0.4) is 0 Å². The van der Waals surface area contributed by atoms with E-state index in [1.807, 2.05) is 16.8 Å². The summed E-state index contributed by atoms with van der Waals surface area (Å²) >= 11 is 0. The maximum atomic E-state index is 4.55. The van der Waals surface area contributed by atoms with E-state index in [1.54, 1.807) is 6.33 Å². The topological polar surface area (TPSA) is 58.4 Å². The quantitative estimate of drug-likeness (QED) is 0.911. The Bertz CT molecular complexity index is 558. The lowest BCUT2D eigenvalue weighted by molar-refractivity contribution is 0.367. The number of rotatable bonds is 4. The summed E-state index contributed by atoms with van der Waals surface area (Å²) in [6.07, 6.45) is 7.91. The first-order valence-electron chi connectivity index (χ1n) is 7.37. The lowest BCUT2D eigenvalue weighted by atomic mass is 9.97. The van der Waals surface area contributed by atoms with Gasteiger partial charge in [-0.2, -0.15) is 0 Å². The van der Waals surface area contributed by atoms with Crippen LogP contribution in [0.4, 0.5) is 5.82 Å². The highest BCUT2D eigenvalue weighted by atomic mass is 15.3. The van der Waals surface area contributed by atoms with Crippen LogP contribution in [0.25, 0.3) is 5.65 Å². The van der Waals surface area contributed by atoms with Gasteiger partial charge < -0.3 is 10.2 Å². The second-order valence-electron chi connectivity index (χ2n) is 5.75. The van der Waals surface area contributed by atoms with Crippen LogP contribution in [0.15, 0.2) is 18.7 Å². The molecule has 0 radical (unpaired) electrons. The normalized spacial score (nSPS) is 16.9. The van der Waals surface area contributed by atoms with Crippen LogP contribution in [0.1, 0.15) is 26.7 Å². The third-order valence-electron chi connectivity index (χ3n) is 4.01. The number of nitrogens with zero attached hydrogens (tertiary/aromatic N) is 5. The average Bonchev–Trinajstić information content (AvgIpc) is 2.94. The van der Waals surface area contributed by atoms with Crippen molar-refractivity contribution < 1.29 is 0 Å². The highest BCUT2D eigenvalue weighted by Crippen LogP contribution is 2.23. The van der Waals surface area contributed by atoms with Crippen LogP contribution in [-0.4, -0.2) is 45.3 Å². The Kier molecular flexibility index (Phi) is 3.82. The highest BCUT2D eigenvalue weighted by Gasteiger charge is 2.22. The molecule has 0 unspecified atom stereocenters. The van der Waals surface area contributed by atoms with Gasteiger partial charge in [0, 0.05) is 25.0 Å². The van der Waals surface area contributed by atoms with Gasteiger partial charge in [0.05, 0.1) is 0 Å². The van der Waals surface area contributed by atoms with Gasteiger partial charge in [-0.3, -0.25) is 4.40 Å². The zero-order valence-corrected chi connectivity index (χ0v) is 12.2. The molecule has 0 saturated carbocycles. The standard InChI is InChI=1S/C14H22N6/c1-11(2)20(9-12-3-5-15-6-4-12)13-14-18-17-10-19(14)8-7-16-13/h7-8,10-12,15H,3-6,9H2,1-2H3. The summed E-state index contributed by atoms with van der Waals surface area (Å²) in [7, 11) is 0. The van der Waals surface area contributed by atoms with Crippen molar-refractivity contribution in [3.05, 3.63) is 18.7 Å². The fraction of sp³-hybridized carbons (Fsp3) is 0.643. The molecule has 6 heteroatoms. The first kappa shape index (κ1) is 13.3. The largest absolute Gasteiger partial charge is 0.351 e. The molecule has 2 aromatic heterocycles. The summed E-state index contributed by atoms with van der Waals surface area (Å²) in [4.78, 5) is 6.91. The zero-order chi connectivity index (χ0) is 13.9. The molecule has 6 nitrogen and oxygen atoms in total. The van der Waals surface area contributed by atoms with Gasteiger partial charge in [-0.15, -0.1) is 10.2 Å². The molecule has 3 heterocycles. The van der Waals surface area contributed by atoms with E-state index in [2.05, 4.69) is 39.2 Å². The van der Waals surface area contributed by atoms with Gasteiger partial charge in [-0.05, 0) is 45.7 Å². The maximum Gasteiger partial charge on any atom is 0.203 e. The lowest BCUT2D eigenvalue weighted by Gasteiger charge is -2.33. The van der Waals surface area contributed by atoms with Crippen LogP contribution in [-0.2, 0) is 0 Å². The van der Waals surface area contributed by atoms with Crippen LogP contribution >= 0.6 is 0 Å². The van der Waals surface area contributed by atoms with E-state index in [4.69, 9.17) is 0 Å². The van der Waals surface area contributed by atoms with Crippen molar-refractivity contribution in [2.75, 3.05) is 24.5 Å². The average molecular weight is 274 g/mol. The van der Waals surface area contributed by atoms with Gasteiger partial charge in [0.2, 0.25) is 5.65 Å².